The topological polar surface area (TPSA) is 84.9 Å². The molecule has 0 saturated carbocycles. The maximum atomic E-state index is 12.8. The minimum absolute atomic E-state index is 0.102. The van der Waals surface area contributed by atoms with Crippen molar-refractivity contribution >= 4 is 21.6 Å². The van der Waals surface area contributed by atoms with E-state index in [2.05, 4.69) is 5.32 Å². The van der Waals surface area contributed by atoms with Gasteiger partial charge in [-0.05, 0) is 36.4 Å². The molecule has 0 aliphatic carbocycles. The lowest BCUT2D eigenvalue weighted by atomic mass is 10.3. The van der Waals surface area contributed by atoms with Crippen LogP contribution in [0.2, 0.25) is 0 Å². The number of sulfonamides is 1. The number of carbonyl (C=O) groups is 1. The Labute approximate surface area is 153 Å². The molecule has 0 bridgehead atoms. The van der Waals surface area contributed by atoms with Crippen LogP contribution in [0, 0.1) is 0 Å². The fourth-order valence-corrected chi connectivity index (χ4v) is 3.77. The summed E-state index contributed by atoms with van der Waals surface area (Å²) in [5.74, 6) is 0.608. The summed E-state index contributed by atoms with van der Waals surface area (Å²) in [6, 6.07) is 13.0. The van der Waals surface area contributed by atoms with Gasteiger partial charge >= 0.3 is 0 Å². The minimum Gasteiger partial charge on any atom is -0.497 e. The first-order chi connectivity index (χ1) is 12.4. The monoisotopic (exact) mass is 378 g/mol. The zero-order valence-corrected chi connectivity index (χ0v) is 15.7. The van der Waals surface area contributed by atoms with Crippen molar-refractivity contribution in [2.45, 2.75) is 11.8 Å². The highest BCUT2D eigenvalue weighted by Gasteiger charge is 2.25. The number of hydrogen-bond donors (Lipinski definition) is 1. The number of ether oxygens (including phenoxy) is 2. The van der Waals surface area contributed by atoms with E-state index in [0.717, 1.165) is 4.31 Å². The second-order valence-electron chi connectivity index (χ2n) is 5.36. The normalized spacial score (nSPS) is 11.2. The van der Waals surface area contributed by atoms with E-state index in [4.69, 9.17) is 9.47 Å². The Kier molecular flexibility index (Phi) is 6.59. The number of likely N-dealkylation sites (N-methyl/N-ethyl adjacent to an activating group) is 1. The lowest BCUT2D eigenvalue weighted by molar-refractivity contribution is -0.116. The molecule has 0 aromatic heterocycles. The molecule has 0 unspecified atom stereocenters. The average Bonchev–Trinajstić information content (AvgIpc) is 2.66. The molecule has 0 spiro atoms. The number of methoxy groups -OCH3 is 2. The number of hydrogen-bond acceptors (Lipinski definition) is 5. The van der Waals surface area contributed by atoms with Crippen LogP contribution in [0.15, 0.2) is 53.4 Å². The lowest BCUT2D eigenvalue weighted by Gasteiger charge is -2.20. The second kappa shape index (κ2) is 8.68. The van der Waals surface area contributed by atoms with E-state index in [0.29, 0.717) is 17.2 Å². The van der Waals surface area contributed by atoms with Gasteiger partial charge < -0.3 is 14.8 Å². The van der Waals surface area contributed by atoms with Gasteiger partial charge in [-0.25, -0.2) is 8.42 Å². The molecular formula is C18H22N2O5S. The van der Waals surface area contributed by atoms with Gasteiger partial charge in [-0.1, -0.05) is 19.1 Å². The van der Waals surface area contributed by atoms with Gasteiger partial charge in [0.05, 0.1) is 31.3 Å². The highest BCUT2D eigenvalue weighted by Crippen LogP contribution is 2.23. The number of nitrogens with one attached hydrogen (secondary N) is 1. The summed E-state index contributed by atoms with van der Waals surface area (Å²) in [6.07, 6.45) is 0. The second-order valence-corrected chi connectivity index (χ2v) is 7.29. The van der Waals surface area contributed by atoms with E-state index in [1.54, 1.807) is 43.3 Å². The molecule has 0 aliphatic rings. The number of rotatable bonds is 8. The van der Waals surface area contributed by atoms with Gasteiger partial charge in [0.2, 0.25) is 15.9 Å². The number of benzene rings is 2. The Balaban J connectivity index is 2.15. The van der Waals surface area contributed by atoms with Crippen LogP contribution in [0.1, 0.15) is 6.92 Å². The van der Waals surface area contributed by atoms with Gasteiger partial charge in [-0.15, -0.1) is 0 Å². The van der Waals surface area contributed by atoms with Crippen molar-refractivity contribution < 1.29 is 22.7 Å². The van der Waals surface area contributed by atoms with Crippen molar-refractivity contribution in [3.8, 4) is 11.5 Å². The van der Waals surface area contributed by atoms with Crippen molar-refractivity contribution in [3.63, 3.8) is 0 Å². The molecule has 0 atom stereocenters. The number of amides is 1. The Morgan fingerprint density at radius 1 is 1.04 bits per heavy atom. The molecule has 0 heterocycles. The maximum Gasteiger partial charge on any atom is 0.243 e. The third-order valence-electron chi connectivity index (χ3n) is 3.75. The van der Waals surface area contributed by atoms with E-state index >= 15 is 0 Å². The van der Waals surface area contributed by atoms with Crippen LogP contribution in [0.5, 0.6) is 11.5 Å². The van der Waals surface area contributed by atoms with Crippen molar-refractivity contribution in [1.29, 1.82) is 0 Å². The van der Waals surface area contributed by atoms with Crippen molar-refractivity contribution in [2.24, 2.45) is 0 Å². The molecular weight excluding hydrogens is 356 g/mol. The molecule has 0 aliphatic heterocycles. The molecule has 0 saturated heterocycles. The Morgan fingerprint density at radius 2 is 1.69 bits per heavy atom. The summed E-state index contributed by atoms with van der Waals surface area (Å²) in [4.78, 5) is 12.4. The third kappa shape index (κ3) is 4.53. The number of nitrogens with zero attached hydrogens (tertiary/aromatic N) is 1. The Hall–Kier alpha value is -2.58. The van der Waals surface area contributed by atoms with Gasteiger partial charge in [0.25, 0.3) is 0 Å². The first kappa shape index (κ1) is 19.7. The molecule has 2 rings (SSSR count). The SMILES string of the molecule is CCN(CC(=O)Nc1ccccc1OC)S(=O)(=O)c1ccc(OC)cc1. The smallest absolute Gasteiger partial charge is 0.243 e. The molecule has 140 valence electrons. The third-order valence-corrected chi connectivity index (χ3v) is 5.69. The summed E-state index contributed by atoms with van der Waals surface area (Å²) in [5.41, 5.74) is 0.484. The van der Waals surface area contributed by atoms with Gasteiger partial charge in [0, 0.05) is 6.54 Å². The average molecular weight is 378 g/mol. The predicted molar refractivity (Wildman–Crippen MR) is 99.1 cm³/mol. The maximum absolute atomic E-state index is 12.8. The van der Waals surface area contributed by atoms with Crippen molar-refractivity contribution in [3.05, 3.63) is 48.5 Å². The number of carbonyl (C=O) groups excluding carboxylic acids is 1. The summed E-state index contributed by atoms with van der Waals surface area (Å²) < 4.78 is 36.8. The van der Waals surface area contributed by atoms with Crippen LogP contribution in [-0.2, 0) is 14.8 Å². The van der Waals surface area contributed by atoms with Gasteiger partial charge in [0.1, 0.15) is 11.5 Å². The van der Waals surface area contributed by atoms with Crippen molar-refractivity contribution in [1.82, 2.24) is 4.31 Å². The fourth-order valence-electron chi connectivity index (χ4n) is 2.36. The Morgan fingerprint density at radius 3 is 2.27 bits per heavy atom. The Bertz CT molecular complexity index is 850. The zero-order chi connectivity index (χ0) is 19.2. The molecule has 1 N–H and O–H groups in total. The quantitative estimate of drug-likeness (QED) is 0.762. The standard InChI is InChI=1S/C18H22N2O5S/c1-4-20(26(22,23)15-11-9-14(24-2)10-12-15)13-18(21)19-16-7-5-6-8-17(16)25-3/h5-12H,4,13H2,1-3H3,(H,19,21). The van der Waals surface area contributed by atoms with Crippen LogP contribution < -0.4 is 14.8 Å². The number of anilines is 1. The van der Waals surface area contributed by atoms with Crippen molar-refractivity contribution in [2.75, 3.05) is 32.6 Å². The van der Waals surface area contributed by atoms with Gasteiger partial charge in [0.15, 0.2) is 0 Å². The van der Waals surface area contributed by atoms with Crippen LogP contribution in [0.25, 0.3) is 0 Å². The number of para-hydroxylation sites is 2. The zero-order valence-electron chi connectivity index (χ0n) is 14.9. The summed E-state index contributed by atoms with van der Waals surface area (Å²) in [6.45, 7) is 1.54. The minimum atomic E-state index is -3.79. The first-order valence-electron chi connectivity index (χ1n) is 7.99. The molecule has 8 heteroatoms. The van der Waals surface area contributed by atoms with Gasteiger partial charge in [-0.3, -0.25) is 4.79 Å². The van der Waals surface area contributed by atoms with Crippen LogP contribution >= 0.6 is 0 Å². The molecule has 0 radical (unpaired) electrons. The van der Waals surface area contributed by atoms with Crippen LogP contribution in [0.4, 0.5) is 5.69 Å². The molecule has 1 amide bonds. The molecule has 7 nitrogen and oxygen atoms in total. The highest BCUT2D eigenvalue weighted by molar-refractivity contribution is 7.89. The molecule has 26 heavy (non-hydrogen) atoms. The summed E-state index contributed by atoms with van der Waals surface area (Å²) >= 11 is 0. The highest BCUT2D eigenvalue weighted by atomic mass is 32.2. The lowest BCUT2D eigenvalue weighted by Crippen LogP contribution is -2.37. The van der Waals surface area contributed by atoms with E-state index in [1.807, 2.05) is 0 Å². The van der Waals surface area contributed by atoms with E-state index in [-0.39, 0.29) is 18.0 Å². The van der Waals surface area contributed by atoms with E-state index in [1.165, 1.54) is 26.4 Å². The van der Waals surface area contributed by atoms with Crippen LogP contribution in [0.3, 0.4) is 0 Å². The first-order valence-corrected chi connectivity index (χ1v) is 9.43. The molecule has 2 aromatic carbocycles. The van der Waals surface area contributed by atoms with Crippen LogP contribution in [-0.4, -0.2) is 45.9 Å². The summed E-state index contributed by atoms with van der Waals surface area (Å²) in [5, 5.41) is 2.68. The summed E-state index contributed by atoms with van der Waals surface area (Å²) in [7, 11) is -0.792. The van der Waals surface area contributed by atoms with E-state index < -0.39 is 15.9 Å². The fraction of sp³-hybridized carbons (Fsp3) is 0.278. The van der Waals surface area contributed by atoms with E-state index in [9.17, 15) is 13.2 Å². The molecule has 0 fully saturated rings. The molecule has 2 aromatic rings. The largest absolute Gasteiger partial charge is 0.497 e. The predicted octanol–water partition coefficient (Wildman–Crippen LogP) is 2.35. The van der Waals surface area contributed by atoms with Gasteiger partial charge in [-0.2, -0.15) is 4.31 Å².